The van der Waals surface area contributed by atoms with Gasteiger partial charge < -0.3 is 19.5 Å². The van der Waals surface area contributed by atoms with Gasteiger partial charge in [0.2, 0.25) is 0 Å². The molecule has 0 spiro atoms. The topological polar surface area (TPSA) is 74.6 Å². The van der Waals surface area contributed by atoms with Gasteiger partial charge in [0.05, 0.1) is 25.8 Å². The van der Waals surface area contributed by atoms with Crippen LogP contribution in [0.2, 0.25) is 0 Å². The molecule has 1 amide bonds. The van der Waals surface area contributed by atoms with Crippen molar-refractivity contribution in [3.8, 4) is 11.5 Å². The van der Waals surface area contributed by atoms with Crippen LogP contribution in [0.4, 0.5) is 0 Å². The van der Waals surface area contributed by atoms with Crippen molar-refractivity contribution in [1.82, 2.24) is 15.1 Å². The highest BCUT2D eigenvalue weighted by molar-refractivity contribution is 5.94. The third-order valence-electron chi connectivity index (χ3n) is 5.62. The highest BCUT2D eigenvalue weighted by Crippen LogP contribution is 2.25. The number of carbonyl (C=O) groups is 1. The Bertz CT molecular complexity index is 1010. The monoisotopic (exact) mass is 435 g/mol. The largest absolute Gasteiger partial charge is 0.496 e. The predicted octanol–water partition coefficient (Wildman–Crippen LogP) is 3.99. The van der Waals surface area contributed by atoms with Crippen LogP contribution in [0.3, 0.4) is 0 Å². The normalized spacial score (nSPS) is 16.5. The van der Waals surface area contributed by atoms with Crippen LogP contribution in [0.5, 0.6) is 11.5 Å². The van der Waals surface area contributed by atoms with E-state index in [-0.39, 0.29) is 18.1 Å². The molecule has 2 heterocycles. The number of aromatic nitrogens is 2. The maximum Gasteiger partial charge on any atom is 0.251 e. The van der Waals surface area contributed by atoms with Crippen molar-refractivity contribution in [3.63, 3.8) is 0 Å². The molecule has 3 aromatic rings. The van der Waals surface area contributed by atoms with Gasteiger partial charge in [0.25, 0.3) is 5.91 Å². The number of nitrogens with one attached hydrogen (secondary N) is 1. The molecular weight excluding hydrogens is 406 g/mol. The number of benzene rings is 2. The first kappa shape index (κ1) is 21.9. The van der Waals surface area contributed by atoms with Gasteiger partial charge in [-0.25, -0.2) is 0 Å². The molecule has 0 radical (unpaired) electrons. The van der Waals surface area contributed by atoms with Crippen LogP contribution in [-0.2, 0) is 11.3 Å². The third-order valence-corrected chi connectivity index (χ3v) is 5.62. The lowest BCUT2D eigenvalue weighted by atomic mass is 10.0. The number of ether oxygens (including phenoxy) is 3. The number of carbonyl (C=O) groups excluding carboxylic acids is 1. The zero-order chi connectivity index (χ0) is 22.3. The lowest BCUT2D eigenvalue weighted by Gasteiger charge is -2.17. The molecule has 2 atom stereocenters. The van der Waals surface area contributed by atoms with E-state index in [2.05, 4.69) is 10.4 Å². The molecule has 1 aromatic heterocycles. The second-order valence-corrected chi connectivity index (χ2v) is 7.94. The van der Waals surface area contributed by atoms with Crippen LogP contribution < -0.4 is 14.8 Å². The lowest BCUT2D eigenvalue weighted by molar-refractivity contribution is 0.0679. The summed E-state index contributed by atoms with van der Waals surface area (Å²) in [6.45, 7) is 3.92. The van der Waals surface area contributed by atoms with E-state index in [4.69, 9.17) is 14.2 Å². The molecule has 1 fully saturated rings. The zero-order valence-corrected chi connectivity index (χ0v) is 18.5. The Morgan fingerprint density at radius 2 is 2.12 bits per heavy atom. The summed E-state index contributed by atoms with van der Waals surface area (Å²) in [6.07, 6.45) is 5.95. The molecule has 1 saturated heterocycles. The smallest absolute Gasteiger partial charge is 0.251 e. The highest BCUT2D eigenvalue weighted by Gasteiger charge is 2.17. The zero-order valence-electron chi connectivity index (χ0n) is 18.5. The fourth-order valence-corrected chi connectivity index (χ4v) is 3.79. The van der Waals surface area contributed by atoms with E-state index in [0.29, 0.717) is 18.7 Å². The molecule has 7 nitrogen and oxygen atoms in total. The summed E-state index contributed by atoms with van der Waals surface area (Å²) in [4.78, 5) is 12.8. The second kappa shape index (κ2) is 10.3. The maximum atomic E-state index is 12.8. The first-order valence-corrected chi connectivity index (χ1v) is 10.9. The van der Waals surface area contributed by atoms with Crippen molar-refractivity contribution in [1.29, 1.82) is 0 Å². The van der Waals surface area contributed by atoms with E-state index < -0.39 is 0 Å². The number of rotatable bonds is 9. The first-order chi connectivity index (χ1) is 15.6. The molecule has 2 aromatic carbocycles. The highest BCUT2D eigenvalue weighted by atomic mass is 16.5. The van der Waals surface area contributed by atoms with E-state index >= 15 is 0 Å². The Hall–Kier alpha value is -3.32. The summed E-state index contributed by atoms with van der Waals surface area (Å²) >= 11 is 0. The van der Waals surface area contributed by atoms with Gasteiger partial charge in [0, 0.05) is 30.1 Å². The van der Waals surface area contributed by atoms with Gasteiger partial charge >= 0.3 is 0 Å². The number of hydrogen-bond donors (Lipinski definition) is 1. The molecule has 32 heavy (non-hydrogen) atoms. The molecule has 0 saturated carbocycles. The number of methoxy groups -OCH3 is 1. The standard InChI is InChI=1S/C25H29N3O4/c1-18(20-8-11-24(30-2)21(15-20)16-28-13-4-12-26-28)27-25(29)19-6-9-22(10-7-19)32-17-23-5-3-14-31-23/h4,6-13,15,18,23H,3,5,14,16-17H2,1-2H3,(H,27,29)/t18-,23+/m0/s1. The number of amides is 1. The molecule has 0 aliphatic carbocycles. The Morgan fingerprint density at radius 3 is 2.81 bits per heavy atom. The van der Waals surface area contributed by atoms with Crippen molar-refractivity contribution >= 4 is 5.91 Å². The summed E-state index contributed by atoms with van der Waals surface area (Å²) in [5.41, 5.74) is 2.59. The number of nitrogens with zero attached hydrogens (tertiary/aromatic N) is 2. The fraction of sp³-hybridized carbons (Fsp3) is 0.360. The maximum absolute atomic E-state index is 12.8. The molecule has 1 N–H and O–H groups in total. The van der Waals surface area contributed by atoms with Crippen molar-refractivity contribution in [2.24, 2.45) is 0 Å². The summed E-state index contributed by atoms with van der Waals surface area (Å²) < 4.78 is 18.7. The van der Waals surface area contributed by atoms with E-state index in [1.807, 2.05) is 54.2 Å². The SMILES string of the molecule is COc1ccc([C@H](C)NC(=O)c2ccc(OC[C@H]3CCCO3)cc2)cc1Cn1cccn1. The number of hydrogen-bond acceptors (Lipinski definition) is 5. The fourth-order valence-electron chi connectivity index (χ4n) is 3.79. The van der Waals surface area contributed by atoms with Gasteiger partial charge in [0.1, 0.15) is 18.1 Å². The van der Waals surface area contributed by atoms with E-state index in [1.165, 1.54) is 0 Å². The van der Waals surface area contributed by atoms with Crippen molar-refractivity contribution < 1.29 is 19.0 Å². The van der Waals surface area contributed by atoms with E-state index in [9.17, 15) is 4.79 Å². The minimum atomic E-state index is -0.166. The average Bonchev–Trinajstić information content (AvgIpc) is 3.52. The minimum absolute atomic E-state index is 0.132. The summed E-state index contributed by atoms with van der Waals surface area (Å²) in [6, 6.07) is 14.9. The summed E-state index contributed by atoms with van der Waals surface area (Å²) in [7, 11) is 1.65. The van der Waals surface area contributed by atoms with Crippen molar-refractivity contribution in [2.45, 2.75) is 38.5 Å². The average molecular weight is 436 g/mol. The third kappa shape index (κ3) is 5.48. The lowest BCUT2D eigenvalue weighted by Crippen LogP contribution is -2.26. The molecule has 4 rings (SSSR count). The molecular formula is C25H29N3O4. The Morgan fingerprint density at radius 1 is 1.28 bits per heavy atom. The van der Waals surface area contributed by atoms with Crippen molar-refractivity contribution in [3.05, 3.63) is 77.6 Å². The Labute approximate surface area is 188 Å². The van der Waals surface area contributed by atoms with Gasteiger partial charge in [-0.2, -0.15) is 5.10 Å². The Kier molecular flexibility index (Phi) is 7.07. The van der Waals surface area contributed by atoms with Crippen molar-refractivity contribution in [2.75, 3.05) is 20.3 Å². The quantitative estimate of drug-likeness (QED) is 0.550. The first-order valence-electron chi connectivity index (χ1n) is 10.9. The second-order valence-electron chi connectivity index (χ2n) is 7.94. The van der Waals surface area contributed by atoms with Gasteiger partial charge in [-0.05, 0) is 67.8 Å². The predicted molar refractivity (Wildman–Crippen MR) is 121 cm³/mol. The molecule has 0 unspecified atom stereocenters. The van der Waals surface area contributed by atoms with Crippen LogP contribution >= 0.6 is 0 Å². The molecule has 7 heteroatoms. The summed E-state index contributed by atoms with van der Waals surface area (Å²) in [5, 5.41) is 7.34. The van der Waals surface area contributed by atoms with Crippen LogP contribution in [0.25, 0.3) is 0 Å². The minimum Gasteiger partial charge on any atom is -0.496 e. The Balaban J connectivity index is 1.37. The molecule has 1 aliphatic heterocycles. The van der Waals surface area contributed by atoms with Crippen LogP contribution in [0.15, 0.2) is 60.9 Å². The van der Waals surface area contributed by atoms with Gasteiger partial charge in [-0.1, -0.05) is 6.07 Å². The van der Waals surface area contributed by atoms with Crippen LogP contribution in [-0.4, -0.2) is 42.1 Å². The summed E-state index contributed by atoms with van der Waals surface area (Å²) in [5.74, 6) is 1.40. The van der Waals surface area contributed by atoms with Gasteiger partial charge in [-0.3, -0.25) is 9.48 Å². The molecule has 0 bridgehead atoms. The van der Waals surface area contributed by atoms with Crippen LogP contribution in [0.1, 0.15) is 47.3 Å². The van der Waals surface area contributed by atoms with E-state index in [0.717, 1.165) is 42.1 Å². The van der Waals surface area contributed by atoms with Crippen LogP contribution in [0, 0.1) is 0 Å². The van der Waals surface area contributed by atoms with Gasteiger partial charge in [0.15, 0.2) is 0 Å². The van der Waals surface area contributed by atoms with Gasteiger partial charge in [-0.15, -0.1) is 0 Å². The van der Waals surface area contributed by atoms with E-state index in [1.54, 1.807) is 25.4 Å². The molecule has 1 aliphatic rings. The molecule has 168 valence electrons.